The SMILES string of the molecule is CC/C=C(/O[Si](C(C)C)(C(C)C)C(C)C)c1ccccc1. The summed E-state index contributed by atoms with van der Waals surface area (Å²) in [5.74, 6) is 1.08. The Bertz CT molecular complexity index is 424. The molecule has 0 saturated heterocycles. The molecule has 0 spiro atoms. The van der Waals surface area contributed by atoms with Crippen LogP contribution in [0.3, 0.4) is 0 Å². The quantitative estimate of drug-likeness (QED) is 0.406. The molecule has 0 unspecified atom stereocenters. The zero-order valence-electron chi connectivity index (χ0n) is 14.8. The maximum atomic E-state index is 6.85. The van der Waals surface area contributed by atoms with E-state index >= 15 is 0 Å². The van der Waals surface area contributed by atoms with E-state index in [1.54, 1.807) is 0 Å². The lowest BCUT2D eigenvalue weighted by Gasteiger charge is -2.43. The molecule has 1 aromatic carbocycles. The summed E-state index contributed by atoms with van der Waals surface area (Å²) in [6.45, 7) is 16.2. The topological polar surface area (TPSA) is 9.23 Å². The summed E-state index contributed by atoms with van der Waals surface area (Å²) in [4.78, 5) is 0. The highest BCUT2D eigenvalue weighted by Crippen LogP contribution is 2.44. The van der Waals surface area contributed by atoms with E-state index in [0.29, 0.717) is 16.6 Å². The minimum Gasteiger partial charge on any atom is -0.543 e. The zero-order valence-corrected chi connectivity index (χ0v) is 15.8. The van der Waals surface area contributed by atoms with Crippen molar-refractivity contribution in [2.45, 2.75) is 71.5 Å². The lowest BCUT2D eigenvalue weighted by Crippen LogP contribution is -2.47. The van der Waals surface area contributed by atoms with Crippen LogP contribution in [0.15, 0.2) is 36.4 Å². The van der Waals surface area contributed by atoms with Crippen LogP contribution in [-0.2, 0) is 4.43 Å². The van der Waals surface area contributed by atoms with E-state index in [1.165, 1.54) is 5.56 Å². The summed E-state index contributed by atoms with van der Waals surface area (Å²) < 4.78 is 6.85. The molecule has 0 aliphatic heterocycles. The lowest BCUT2D eigenvalue weighted by molar-refractivity contribution is 0.443. The largest absolute Gasteiger partial charge is 0.543 e. The Hall–Kier alpha value is -1.02. The van der Waals surface area contributed by atoms with Crippen LogP contribution in [0.4, 0.5) is 0 Å². The average Bonchev–Trinajstić information content (AvgIpc) is 2.43. The van der Waals surface area contributed by atoms with Crippen molar-refractivity contribution < 1.29 is 4.43 Å². The van der Waals surface area contributed by atoms with E-state index in [4.69, 9.17) is 4.43 Å². The molecule has 0 aliphatic carbocycles. The van der Waals surface area contributed by atoms with Gasteiger partial charge in [-0.1, -0.05) is 78.8 Å². The van der Waals surface area contributed by atoms with E-state index in [9.17, 15) is 0 Å². The molecule has 0 aromatic heterocycles. The molecule has 0 atom stereocenters. The Balaban J connectivity index is 3.24. The molecule has 0 amide bonds. The Morgan fingerprint density at radius 1 is 0.952 bits per heavy atom. The van der Waals surface area contributed by atoms with Crippen LogP contribution in [-0.4, -0.2) is 8.32 Å². The van der Waals surface area contributed by atoms with Crippen LogP contribution in [0.1, 0.15) is 60.5 Å². The van der Waals surface area contributed by atoms with Crippen molar-refractivity contribution in [3.05, 3.63) is 42.0 Å². The summed E-state index contributed by atoms with van der Waals surface area (Å²) >= 11 is 0. The first-order valence-electron chi connectivity index (χ1n) is 8.30. The summed E-state index contributed by atoms with van der Waals surface area (Å²) in [6.07, 6.45) is 3.24. The molecule has 0 aliphatic rings. The summed E-state index contributed by atoms with van der Waals surface area (Å²) in [6, 6.07) is 10.5. The van der Waals surface area contributed by atoms with Gasteiger partial charge < -0.3 is 4.43 Å². The standard InChI is InChI=1S/C19H32OSi/c1-8-12-19(18-13-10-9-11-14-18)20-21(15(2)3,16(4)5)17(6)7/h9-17H,8H2,1-7H3/b19-12+. The molecular formula is C19H32OSi. The average molecular weight is 305 g/mol. The van der Waals surface area contributed by atoms with Gasteiger partial charge in [0.1, 0.15) is 5.76 Å². The first-order valence-corrected chi connectivity index (χ1v) is 10.4. The number of benzene rings is 1. The maximum Gasteiger partial charge on any atom is 0.258 e. The van der Waals surface area contributed by atoms with E-state index in [2.05, 4.69) is 84.9 Å². The van der Waals surface area contributed by atoms with Crippen LogP contribution < -0.4 is 0 Å². The van der Waals surface area contributed by atoms with Crippen LogP contribution in [0.25, 0.3) is 5.76 Å². The van der Waals surface area contributed by atoms with Crippen LogP contribution >= 0.6 is 0 Å². The fraction of sp³-hybridized carbons (Fsp3) is 0.579. The number of hydrogen-bond acceptors (Lipinski definition) is 1. The maximum absolute atomic E-state index is 6.85. The highest BCUT2D eigenvalue weighted by atomic mass is 28.4. The van der Waals surface area contributed by atoms with E-state index in [-0.39, 0.29) is 0 Å². The van der Waals surface area contributed by atoms with Gasteiger partial charge in [-0.3, -0.25) is 0 Å². The van der Waals surface area contributed by atoms with Crippen LogP contribution in [0.2, 0.25) is 16.6 Å². The molecule has 2 heteroatoms. The fourth-order valence-corrected chi connectivity index (χ4v) is 8.84. The smallest absolute Gasteiger partial charge is 0.258 e. The molecule has 1 aromatic rings. The van der Waals surface area contributed by atoms with E-state index < -0.39 is 8.32 Å². The predicted molar refractivity (Wildman–Crippen MR) is 96.8 cm³/mol. The normalized spacial score (nSPS) is 13.3. The lowest BCUT2D eigenvalue weighted by atomic mass is 10.2. The zero-order chi connectivity index (χ0) is 16.0. The van der Waals surface area contributed by atoms with Gasteiger partial charge in [0.2, 0.25) is 0 Å². The van der Waals surface area contributed by atoms with Crippen molar-refractivity contribution in [2.24, 2.45) is 0 Å². The van der Waals surface area contributed by atoms with E-state index in [0.717, 1.165) is 12.2 Å². The van der Waals surface area contributed by atoms with Gasteiger partial charge in [-0.2, -0.15) is 0 Å². The monoisotopic (exact) mass is 304 g/mol. The van der Waals surface area contributed by atoms with Gasteiger partial charge >= 0.3 is 0 Å². The molecule has 21 heavy (non-hydrogen) atoms. The molecule has 118 valence electrons. The third-order valence-electron chi connectivity index (χ3n) is 4.44. The summed E-state index contributed by atoms with van der Waals surface area (Å²) in [5, 5.41) is 0. The fourth-order valence-electron chi connectivity index (χ4n) is 3.55. The minimum atomic E-state index is -1.88. The van der Waals surface area contributed by atoms with Gasteiger partial charge in [0.15, 0.2) is 0 Å². The highest BCUT2D eigenvalue weighted by Gasteiger charge is 2.47. The second-order valence-corrected chi connectivity index (χ2v) is 12.1. The van der Waals surface area contributed by atoms with Crippen LogP contribution in [0, 0.1) is 0 Å². The van der Waals surface area contributed by atoms with Gasteiger partial charge in [0.25, 0.3) is 8.32 Å². The third-order valence-corrected chi connectivity index (χ3v) is 10.4. The Labute approximate surface area is 132 Å². The van der Waals surface area contributed by atoms with Crippen molar-refractivity contribution in [3.63, 3.8) is 0 Å². The highest BCUT2D eigenvalue weighted by molar-refractivity contribution is 6.78. The molecule has 0 radical (unpaired) electrons. The number of allylic oxidation sites excluding steroid dienone is 1. The van der Waals surface area contributed by atoms with Gasteiger partial charge in [-0.15, -0.1) is 0 Å². The molecule has 0 bridgehead atoms. The van der Waals surface area contributed by atoms with Gasteiger partial charge in [-0.05, 0) is 29.1 Å². The summed E-state index contributed by atoms with van der Waals surface area (Å²) in [5.41, 5.74) is 3.00. The van der Waals surface area contributed by atoms with Gasteiger partial charge in [0.05, 0.1) is 0 Å². The van der Waals surface area contributed by atoms with Gasteiger partial charge in [-0.25, -0.2) is 0 Å². The van der Waals surface area contributed by atoms with Crippen molar-refractivity contribution in [2.75, 3.05) is 0 Å². The van der Waals surface area contributed by atoms with Crippen molar-refractivity contribution in [3.8, 4) is 0 Å². The third kappa shape index (κ3) is 4.00. The Kier molecular flexibility index (Phi) is 6.73. The minimum absolute atomic E-state index is 0.599. The second kappa shape index (κ2) is 7.84. The second-order valence-electron chi connectivity index (χ2n) is 6.76. The van der Waals surface area contributed by atoms with Gasteiger partial charge in [0, 0.05) is 5.56 Å². The molecule has 1 rings (SSSR count). The predicted octanol–water partition coefficient (Wildman–Crippen LogP) is 6.63. The Morgan fingerprint density at radius 2 is 1.43 bits per heavy atom. The molecule has 1 nitrogen and oxygen atoms in total. The summed E-state index contributed by atoms with van der Waals surface area (Å²) in [7, 11) is -1.88. The van der Waals surface area contributed by atoms with E-state index in [1.807, 2.05) is 0 Å². The van der Waals surface area contributed by atoms with Crippen LogP contribution in [0.5, 0.6) is 0 Å². The van der Waals surface area contributed by atoms with Crippen molar-refractivity contribution in [1.82, 2.24) is 0 Å². The van der Waals surface area contributed by atoms with Crippen molar-refractivity contribution in [1.29, 1.82) is 0 Å². The molecular weight excluding hydrogens is 272 g/mol. The number of rotatable bonds is 7. The first kappa shape index (κ1) is 18.0. The first-order chi connectivity index (χ1) is 9.86. The molecule has 0 fully saturated rings. The molecule has 0 saturated carbocycles. The van der Waals surface area contributed by atoms with Crippen molar-refractivity contribution >= 4 is 14.1 Å². The number of hydrogen-bond donors (Lipinski definition) is 0. The molecule has 0 heterocycles. The Morgan fingerprint density at radius 3 is 1.81 bits per heavy atom. The molecule has 0 N–H and O–H groups in total.